The largest absolute Gasteiger partial charge is 0.394 e. The van der Waals surface area contributed by atoms with Crippen LogP contribution >= 0.6 is 0 Å². The molecule has 2 atom stereocenters. The molecule has 94 valence electrons. The SMILES string of the molecule is CC1CCCC(CO)(NC2CCOCC2)C1. The molecule has 2 unspecified atom stereocenters. The molecule has 2 fully saturated rings. The van der Waals surface area contributed by atoms with E-state index in [0.717, 1.165) is 44.8 Å². The molecule has 0 aromatic heterocycles. The number of rotatable bonds is 3. The van der Waals surface area contributed by atoms with E-state index in [0.29, 0.717) is 6.04 Å². The van der Waals surface area contributed by atoms with Gasteiger partial charge in [0, 0.05) is 24.8 Å². The number of hydrogen-bond donors (Lipinski definition) is 2. The molecule has 3 heteroatoms. The van der Waals surface area contributed by atoms with Gasteiger partial charge in [-0.05, 0) is 31.6 Å². The molecule has 0 aromatic rings. The maximum atomic E-state index is 9.70. The molecule has 1 aliphatic carbocycles. The van der Waals surface area contributed by atoms with Gasteiger partial charge in [0.15, 0.2) is 0 Å². The summed E-state index contributed by atoms with van der Waals surface area (Å²) in [7, 11) is 0. The van der Waals surface area contributed by atoms with E-state index in [9.17, 15) is 5.11 Å². The minimum atomic E-state index is -0.000324. The third kappa shape index (κ3) is 2.96. The monoisotopic (exact) mass is 227 g/mol. The van der Waals surface area contributed by atoms with Crippen molar-refractivity contribution in [3.05, 3.63) is 0 Å². The highest BCUT2D eigenvalue weighted by Crippen LogP contribution is 2.33. The molecule has 0 spiro atoms. The molecule has 2 rings (SSSR count). The molecule has 1 saturated carbocycles. The van der Waals surface area contributed by atoms with E-state index in [2.05, 4.69) is 12.2 Å². The van der Waals surface area contributed by atoms with Gasteiger partial charge in [0.1, 0.15) is 0 Å². The number of aliphatic hydroxyl groups excluding tert-OH is 1. The zero-order valence-electron chi connectivity index (χ0n) is 10.4. The van der Waals surface area contributed by atoms with Crippen molar-refractivity contribution in [1.82, 2.24) is 5.32 Å². The second kappa shape index (κ2) is 5.48. The summed E-state index contributed by atoms with van der Waals surface area (Å²) in [4.78, 5) is 0. The normalized spacial score (nSPS) is 37.5. The van der Waals surface area contributed by atoms with E-state index in [-0.39, 0.29) is 12.1 Å². The van der Waals surface area contributed by atoms with Crippen molar-refractivity contribution in [2.45, 2.75) is 57.0 Å². The summed E-state index contributed by atoms with van der Waals surface area (Å²) in [5, 5.41) is 13.4. The Morgan fingerprint density at radius 2 is 2.06 bits per heavy atom. The lowest BCUT2D eigenvalue weighted by Crippen LogP contribution is -2.56. The van der Waals surface area contributed by atoms with Crippen molar-refractivity contribution in [3.8, 4) is 0 Å². The summed E-state index contributed by atoms with van der Waals surface area (Å²) in [6.45, 7) is 4.33. The predicted molar refractivity (Wildman–Crippen MR) is 64.4 cm³/mol. The highest BCUT2D eigenvalue weighted by Gasteiger charge is 2.36. The molecular weight excluding hydrogens is 202 g/mol. The zero-order valence-corrected chi connectivity index (χ0v) is 10.4. The summed E-state index contributed by atoms with van der Waals surface area (Å²) in [6.07, 6.45) is 7.01. The van der Waals surface area contributed by atoms with Gasteiger partial charge in [0.2, 0.25) is 0 Å². The zero-order chi connectivity index (χ0) is 11.4. The van der Waals surface area contributed by atoms with Gasteiger partial charge in [-0.3, -0.25) is 0 Å². The lowest BCUT2D eigenvalue weighted by molar-refractivity contribution is 0.0403. The molecular formula is C13H25NO2. The Hall–Kier alpha value is -0.120. The van der Waals surface area contributed by atoms with Crippen molar-refractivity contribution >= 4 is 0 Å². The lowest BCUT2D eigenvalue weighted by Gasteiger charge is -2.43. The molecule has 16 heavy (non-hydrogen) atoms. The fourth-order valence-corrected chi connectivity index (χ4v) is 3.26. The molecule has 0 bridgehead atoms. The van der Waals surface area contributed by atoms with E-state index in [4.69, 9.17) is 4.74 Å². The van der Waals surface area contributed by atoms with Crippen LogP contribution in [0.1, 0.15) is 45.4 Å². The van der Waals surface area contributed by atoms with Crippen molar-refractivity contribution in [3.63, 3.8) is 0 Å². The van der Waals surface area contributed by atoms with Gasteiger partial charge in [-0.15, -0.1) is 0 Å². The fraction of sp³-hybridized carbons (Fsp3) is 1.00. The highest BCUT2D eigenvalue weighted by molar-refractivity contribution is 4.95. The Labute approximate surface area is 98.6 Å². The van der Waals surface area contributed by atoms with Gasteiger partial charge in [-0.1, -0.05) is 19.8 Å². The smallest absolute Gasteiger partial charge is 0.0613 e. The number of ether oxygens (including phenoxy) is 1. The van der Waals surface area contributed by atoms with Gasteiger partial charge < -0.3 is 15.2 Å². The molecule has 0 radical (unpaired) electrons. The standard InChI is InChI=1S/C13H25NO2/c1-11-3-2-6-13(9-11,10-15)14-12-4-7-16-8-5-12/h11-12,14-15H,2-10H2,1H3. The summed E-state index contributed by atoms with van der Waals surface area (Å²) in [5.41, 5.74) is -0.000324. The van der Waals surface area contributed by atoms with E-state index >= 15 is 0 Å². The maximum Gasteiger partial charge on any atom is 0.0613 e. The lowest BCUT2D eigenvalue weighted by atomic mass is 9.76. The Bertz CT molecular complexity index is 216. The Morgan fingerprint density at radius 3 is 2.69 bits per heavy atom. The van der Waals surface area contributed by atoms with Crippen LogP contribution in [-0.4, -0.2) is 36.5 Å². The highest BCUT2D eigenvalue weighted by atomic mass is 16.5. The third-order valence-corrected chi connectivity index (χ3v) is 4.13. The first-order valence-electron chi connectivity index (χ1n) is 6.70. The quantitative estimate of drug-likeness (QED) is 0.771. The van der Waals surface area contributed by atoms with Crippen LogP contribution in [0.25, 0.3) is 0 Å². The second-order valence-corrected chi connectivity index (χ2v) is 5.67. The van der Waals surface area contributed by atoms with Crippen molar-refractivity contribution in [1.29, 1.82) is 0 Å². The number of nitrogens with one attached hydrogen (secondary N) is 1. The van der Waals surface area contributed by atoms with Crippen LogP contribution in [0.4, 0.5) is 0 Å². The molecule has 3 nitrogen and oxygen atoms in total. The van der Waals surface area contributed by atoms with Crippen molar-refractivity contribution in [2.75, 3.05) is 19.8 Å². The Kier molecular flexibility index (Phi) is 4.22. The minimum Gasteiger partial charge on any atom is -0.394 e. The molecule has 1 heterocycles. The maximum absolute atomic E-state index is 9.70. The van der Waals surface area contributed by atoms with Crippen LogP contribution in [0, 0.1) is 5.92 Å². The summed E-state index contributed by atoms with van der Waals surface area (Å²) >= 11 is 0. The molecule has 0 aromatic carbocycles. The summed E-state index contributed by atoms with van der Waals surface area (Å²) < 4.78 is 5.37. The van der Waals surface area contributed by atoms with E-state index < -0.39 is 0 Å². The number of hydrogen-bond acceptors (Lipinski definition) is 3. The Balaban J connectivity index is 1.91. The first kappa shape index (κ1) is 12.3. The van der Waals surface area contributed by atoms with E-state index in [1.165, 1.54) is 12.8 Å². The van der Waals surface area contributed by atoms with Gasteiger partial charge in [0.25, 0.3) is 0 Å². The first-order chi connectivity index (χ1) is 7.74. The predicted octanol–water partition coefficient (Wildman–Crippen LogP) is 1.70. The third-order valence-electron chi connectivity index (χ3n) is 4.13. The molecule has 0 amide bonds. The molecule has 1 saturated heterocycles. The first-order valence-corrected chi connectivity index (χ1v) is 6.70. The Morgan fingerprint density at radius 1 is 1.31 bits per heavy atom. The second-order valence-electron chi connectivity index (χ2n) is 5.67. The number of aliphatic hydroxyl groups is 1. The van der Waals surface area contributed by atoms with Crippen LogP contribution < -0.4 is 5.32 Å². The fourth-order valence-electron chi connectivity index (χ4n) is 3.26. The summed E-state index contributed by atoms with van der Waals surface area (Å²) in [5.74, 6) is 0.744. The molecule has 2 N–H and O–H groups in total. The van der Waals surface area contributed by atoms with Crippen molar-refractivity contribution < 1.29 is 9.84 Å². The molecule has 1 aliphatic heterocycles. The minimum absolute atomic E-state index is 0.000324. The van der Waals surface area contributed by atoms with E-state index in [1.807, 2.05) is 0 Å². The average molecular weight is 227 g/mol. The summed E-state index contributed by atoms with van der Waals surface area (Å²) in [6, 6.07) is 0.547. The van der Waals surface area contributed by atoms with E-state index in [1.54, 1.807) is 0 Å². The van der Waals surface area contributed by atoms with Gasteiger partial charge >= 0.3 is 0 Å². The van der Waals surface area contributed by atoms with Crippen LogP contribution in [0.15, 0.2) is 0 Å². The van der Waals surface area contributed by atoms with Crippen LogP contribution in [-0.2, 0) is 4.74 Å². The van der Waals surface area contributed by atoms with Crippen LogP contribution in [0.3, 0.4) is 0 Å². The van der Waals surface area contributed by atoms with Gasteiger partial charge in [-0.2, -0.15) is 0 Å². The topological polar surface area (TPSA) is 41.5 Å². The van der Waals surface area contributed by atoms with Crippen LogP contribution in [0.5, 0.6) is 0 Å². The van der Waals surface area contributed by atoms with Crippen LogP contribution in [0.2, 0.25) is 0 Å². The van der Waals surface area contributed by atoms with Crippen molar-refractivity contribution in [2.24, 2.45) is 5.92 Å². The molecule has 2 aliphatic rings. The average Bonchev–Trinajstić information content (AvgIpc) is 2.30. The van der Waals surface area contributed by atoms with Gasteiger partial charge in [0.05, 0.1) is 6.61 Å². The van der Waals surface area contributed by atoms with Gasteiger partial charge in [-0.25, -0.2) is 0 Å².